The Morgan fingerprint density at radius 2 is 1.68 bits per heavy atom. The summed E-state index contributed by atoms with van der Waals surface area (Å²) in [7, 11) is 0. The van der Waals surface area contributed by atoms with Gasteiger partial charge in [0.05, 0.1) is 12.4 Å². The molecule has 0 atom stereocenters. The summed E-state index contributed by atoms with van der Waals surface area (Å²) in [4.78, 5) is 34.0. The number of nitrogens with one attached hydrogen (secondary N) is 1. The first kappa shape index (κ1) is 20.4. The van der Waals surface area contributed by atoms with Gasteiger partial charge in [0, 0.05) is 6.54 Å². The van der Waals surface area contributed by atoms with Crippen LogP contribution in [0.2, 0.25) is 0 Å². The SMILES string of the molecule is CC(C)(N=NC(C)(C)C(=O)NCCCOC(=O)CS)C(N)=O. The standard InChI is InChI=1S/C13H24N4O4S/c1-12(2,10(14)19)16-17-13(3,4)11(20)15-6-5-7-21-9(18)8-22/h22H,5-8H2,1-4H3,(H2,14,19)(H,15,20). The summed E-state index contributed by atoms with van der Waals surface area (Å²) in [6.45, 7) is 6.71. The van der Waals surface area contributed by atoms with Gasteiger partial charge in [-0.25, -0.2) is 0 Å². The molecule has 0 fully saturated rings. The Morgan fingerprint density at radius 3 is 2.18 bits per heavy atom. The quantitative estimate of drug-likeness (QED) is 0.246. The van der Waals surface area contributed by atoms with Crippen molar-refractivity contribution in [3.8, 4) is 0 Å². The molecule has 0 aromatic heterocycles. The van der Waals surface area contributed by atoms with E-state index in [1.165, 1.54) is 13.8 Å². The number of primary amides is 1. The molecule has 0 radical (unpaired) electrons. The lowest BCUT2D eigenvalue weighted by Gasteiger charge is -2.20. The number of rotatable bonds is 9. The summed E-state index contributed by atoms with van der Waals surface area (Å²) in [6, 6.07) is 0. The highest BCUT2D eigenvalue weighted by atomic mass is 32.1. The Balaban J connectivity index is 4.32. The Morgan fingerprint density at radius 1 is 1.14 bits per heavy atom. The van der Waals surface area contributed by atoms with Crippen LogP contribution in [0.5, 0.6) is 0 Å². The second-order valence-corrected chi connectivity index (χ2v) is 5.99. The highest BCUT2D eigenvalue weighted by Crippen LogP contribution is 2.15. The zero-order chi connectivity index (χ0) is 17.4. The minimum Gasteiger partial charge on any atom is -0.465 e. The van der Waals surface area contributed by atoms with Crippen molar-refractivity contribution in [3.63, 3.8) is 0 Å². The molecule has 0 spiro atoms. The molecule has 0 aliphatic carbocycles. The van der Waals surface area contributed by atoms with Gasteiger partial charge in [-0.15, -0.1) is 0 Å². The number of hydrogen-bond donors (Lipinski definition) is 3. The molecule has 0 saturated heterocycles. The predicted molar refractivity (Wildman–Crippen MR) is 84.6 cm³/mol. The molecule has 0 bridgehead atoms. The second-order valence-electron chi connectivity index (χ2n) is 5.67. The zero-order valence-corrected chi connectivity index (χ0v) is 14.3. The van der Waals surface area contributed by atoms with Gasteiger partial charge in [-0.1, -0.05) is 0 Å². The minimum atomic E-state index is -1.17. The van der Waals surface area contributed by atoms with Crippen molar-refractivity contribution in [2.45, 2.75) is 45.2 Å². The first-order chi connectivity index (χ1) is 10.0. The first-order valence-corrected chi connectivity index (χ1v) is 7.45. The molecule has 9 heteroatoms. The molecule has 0 aromatic rings. The van der Waals surface area contributed by atoms with E-state index in [4.69, 9.17) is 10.5 Å². The van der Waals surface area contributed by atoms with Crippen LogP contribution in [0.4, 0.5) is 0 Å². The van der Waals surface area contributed by atoms with Crippen LogP contribution in [0.1, 0.15) is 34.1 Å². The van der Waals surface area contributed by atoms with Gasteiger partial charge >= 0.3 is 5.97 Å². The molecular weight excluding hydrogens is 308 g/mol. The Kier molecular flexibility index (Phi) is 8.07. The zero-order valence-electron chi connectivity index (χ0n) is 13.4. The molecule has 2 amide bonds. The first-order valence-electron chi connectivity index (χ1n) is 6.81. The molecule has 0 aliphatic heterocycles. The monoisotopic (exact) mass is 332 g/mol. The van der Waals surface area contributed by atoms with E-state index in [9.17, 15) is 14.4 Å². The summed E-state index contributed by atoms with van der Waals surface area (Å²) in [5.41, 5.74) is 2.89. The Hall–Kier alpha value is -1.64. The van der Waals surface area contributed by atoms with Gasteiger partial charge in [-0.3, -0.25) is 14.4 Å². The van der Waals surface area contributed by atoms with Crippen LogP contribution >= 0.6 is 12.6 Å². The van der Waals surface area contributed by atoms with E-state index >= 15 is 0 Å². The lowest BCUT2D eigenvalue weighted by molar-refractivity contribution is -0.140. The maximum Gasteiger partial charge on any atom is 0.315 e. The van der Waals surface area contributed by atoms with Crippen molar-refractivity contribution in [2.75, 3.05) is 18.9 Å². The van der Waals surface area contributed by atoms with Crippen LogP contribution in [0.25, 0.3) is 0 Å². The molecule has 0 aromatic carbocycles. The molecular formula is C13H24N4O4S. The van der Waals surface area contributed by atoms with Crippen molar-refractivity contribution in [2.24, 2.45) is 16.0 Å². The number of esters is 1. The van der Waals surface area contributed by atoms with Gasteiger partial charge in [-0.05, 0) is 34.1 Å². The smallest absolute Gasteiger partial charge is 0.315 e. The van der Waals surface area contributed by atoms with Crippen LogP contribution in [0.15, 0.2) is 10.2 Å². The molecule has 22 heavy (non-hydrogen) atoms. The van der Waals surface area contributed by atoms with Crippen molar-refractivity contribution in [1.82, 2.24) is 5.32 Å². The number of azo groups is 1. The van der Waals surface area contributed by atoms with Crippen LogP contribution < -0.4 is 11.1 Å². The number of amides is 2. The molecule has 126 valence electrons. The van der Waals surface area contributed by atoms with Gasteiger partial charge in [-0.2, -0.15) is 22.9 Å². The van der Waals surface area contributed by atoms with Gasteiger partial charge in [0.25, 0.3) is 0 Å². The summed E-state index contributed by atoms with van der Waals surface area (Å²) >= 11 is 3.77. The number of nitrogens with two attached hydrogens (primary N) is 1. The summed E-state index contributed by atoms with van der Waals surface area (Å²) in [5, 5.41) is 10.4. The number of nitrogens with zero attached hydrogens (tertiary/aromatic N) is 2. The number of hydrogen-bond acceptors (Lipinski definition) is 7. The summed E-state index contributed by atoms with van der Waals surface area (Å²) in [5.74, 6) is -1.36. The van der Waals surface area contributed by atoms with Crippen molar-refractivity contribution in [3.05, 3.63) is 0 Å². The number of thiol groups is 1. The highest BCUT2D eigenvalue weighted by Gasteiger charge is 2.30. The number of carbonyl (C=O) groups is 3. The molecule has 0 rings (SSSR count). The van der Waals surface area contributed by atoms with Crippen molar-refractivity contribution >= 4 is 30.4 Å². The van der Waals surface area contributed by atoms with E-state index in [0.717, 1.165) is 0 Å². The number of ether oxygens (including phenoxy) is 1. The predicted octanol–water partition coefficient (Wildman–Crippen LogP) is 0.460. The average molecular weight is 332 g/mol. The van der Waals surface area contributed by atoms with Gasteiger partial charge in [0.15, 0.2) is 11.1 Å². The maximum atomic E-state index is 12.0. The highest BCUT2D eigenvalue weighted by molar-refractivity contribution is 7.81. The Labute approximate surface area is 135 Å². The fourth-order valence-corrected chi connectivity index (χ4v) is 1.16. The van der Waals surface area contributed by atoms with Gasteiger partial charge in [0.1, 0.15) is 0 Å². The third-order valence-corrected chi connectivity index (χ3v) is 2.97. The Bertz CT molecular complexity index is 449. The van der Waals surface area contributed by atoms with Crippen LogP contribution in [-0.4, -0.2) is 47.8 Å². The van der Waals surface area contributed by atoms with Crippen LogP contribution in [0, 0.1) is 0 Å². The summed E-state index contributed by atoms with van der Waals surface area (Å²) in [6.07, 6.45) is 0.477. The van der Waals surface area contributed by atoms with Gasteiger partial charge < -0.3 is 15.8 Å². The topological polar surface area (TPSA) is 123 Å². The normalized spacial score (nSPS) is 12.2. The van der Waals surface area contributed by atoms with E-state index < -0.39 is 23.0 Å². The molecule has 8 nitrogen and oxygen atoms in total. The summed E-state index contributed by atoms with van der Waals surface area (Å²) < 4.78 is 4.82. The third kappa shape index (κ3) is 7.39. The van der Waals surface area contributed by atoms with E-state index in [0.29, 0.717) is 13.0 Å². The van der Waals surface area contributed by atoms with E-state index in [2.05, 4.69) is 28.2 Å². The molecule has 0 unspecified atom stereocenters. The molecule has 0 heterocycles. The van der Waals surface area contributed by atoms with E-state index in [1.807, 2.05) is 0 Å². The number of carbonyl (C=O) groups excluding carboxylic acids is 3. The van der Waals surface area contributed by atoms with Crippen LogP contribution in [0.3, 0.4) is 0 Å². The van der Waals surface area contributed by atoms with Crippen molar-refractivity contribution < 1.29 is 19.1 Å². The molecule has 3 N–H and O–H groups in total. The largest absolute Gasteiger partial charge is 0.465 e. The fraction of sp³-hybridized carbons (Fsp3) is 0.769. The average Bonchev–Trinajstić information content (AvgIpc) is 2.44. The van der Waals surface area contributed by atoms with Crippen LogP contribution in [-0.2, 0) is 19.1 Å². The lowest BCUT2D eigenvalue weighted by Crippen LogP contribution is -2.42. The maximum absolute atomic E-state index is 12.0. The lowest BCUT2D eigenvalue weighted by atomic mass is 10.1. The van der Waals surface area contributed by atoms with Gasteiger partial charge in [0.2, 0.25) is 11.8 Å². The third-order valence-electron chi connectivity index (χ3n) is 2.71. The van der Waals surface area contributed by atoms with E-state index in [1.54, 1.807) is 13.8 Å². The van der Waals surface area contributed by atoms with E-state index in [-0.39, 0.29) is 18.3 Å². The minimum absolute atomic E-state index is 0.0232. The van der Waals surface area contributed by atoms with Crippen molar-refractivity contribution in [1.29, 1.82) is 0 Å². The second kappa shape index (κ2) is 8.72. The molecule has 0 saturated carbocycles. The fourth-order valence-electron chi connectivity index (χ4n) is 1.07. The molecule has 0 aliphatic rings.